The molecule has 0 aromatic carbocycles. The molecule has 1 heterocycles. The zero-order chi connectivity index (χ0) is 11.7. The summed E-state index contributed by atoms with van der Waals surface area (Å²) in [4.78, 5) is 24.3. The second-order valence-electron chi connectivity index (χ2n) is 3.30. The number of nitrogens with two attached hydrogens (primary N) is 1. The molecule has 1 rings (SSSR count). The van der Waals surface area contributed by atoms with E-state index >= 15 is 0 Å². The molecule has 0 atom stereocenters. The zero-order valence-electron chi connectivity index (χ0n) is 8.70. The normalized spacial score (nSPS) is 10.1. The Labute approximate surface area is 91.1 Å². The highest BCUT2D eigenvalue weighted by Crippen LogP contribution is 2.30. The predicted octanol–water partition coefficient (Wildman–Crippen LogP) is 1.04. The average molecular weight is 228 g/mol. The molecule has 0 aliphatic carbocycles. The summed E-state index contributed by atoms with van der Waals surface area (Å²) in [6, 6.07) is 0. The molecule has 0 radical (unpaired) electrons. The molecule has 0 saturated carbocycles. The molecular weight excluding hydrogens is 216 g/mol. The number of carboxylic acids is 1. The van der Waals surface area contributed by atoms with Gasteiger partial charge in [-0.2, -0.15) is 0 Å². The molecule has 0 fully saturated rings. The summed E-state index contributed by atoms with van der Waals surface area (Å²) in [5, 5.41) is 9.05. The van der Waals surface area contributed by atoms with Crippen molar-refractivity contribution in [2.75, 3.05) is 19.8 Å². The fourth-order valence-electron chi connectivity index (χ4n) is 1.21. The van der Waals surface area contributed by atoms with Crippen LogP contribution in [0.4, 0.5) is 5.00 Å². The van der Waals surface area contributed by atoms with Crippen LogP contribution in [0.5, 0.6) is 0 Å². The number of carbonyl (C=O) groups excluding carboxylic acids is 1. The highest BCUT2D eigenvalue weighted by Gasteiger charge is 2.23. The van der Waals surface area contributed by atoms with Gasteiger partial charge >= 0.3 is 5.97 Å². The van der Waals surface area contributed by atoms with E-state index in [0.29, 0.717) is 10.4 Å². The molecule has 0 saturated heterocycles. The lowest BCUT2D eigenvalue weighted by atomic mass is 10.1. The van der Waals surface area contributed by atoms with E-state index in [1.807, 2.05) is 0 Å². The van der Waals surface area contributed by atoms with Gasteiger partial charge in [0.25, 0.3) is 5.91 Å². The molecule has 1 amide bonds. The van der Waals surface area contributed by atoms with Crippen LogP contribution in [0.1, 0.15) is 25.6 Å². The number of rotatable bonds is 2. The smallest absolute Gasteiger partial charge is 0.338 e. The van der Waals surface area contributed by atoms with Gasteiger partial charge in [0.2, 0.25) is 0 Å². The van der Waals surface area contributed by atoms with Gasteiger partial charge in [-0.3, -0.25) is 4.79 Å². The van der Waals surface area contributed by atoms with Crippen molar-refractivity contribution in [1.82, 2.24) is 4.90 Å². The van der Waals surface area contributed by atoms with Crippen LogP contribution in [0.3, 0.4) is 0 Å². The summed E-state index contributed by atoms with van der Waals surface area (Å²) >= 11 is 1.01. The second kappa shape index (κ2) is 3.90. The quantitative estimate of drug-likeness (QED) is 0.792. The van der Waals surface area contributed by atoms with Crippen molar-refractivity contribution in [1.29, 1.82) is 0 Å². The van der Waals surface area contributed by atoms with Crippen LogP contribution in [-0.4, -0.2) is 36.0 Å². The first-order chi connectivity index (χ1) is 6.86. The maximum Gasteiger partial charge on any atom is 0.338 e. The van der Waals surface area contributed by atoms with Crippen molar-refractivity contribution in [3.05, 3.63) is 16.0 Å². The Morgan fingerprint density at radius 3 is 2.27 bits per heavy atom. The van der Waals surface area contributed by atoms with Gasteiger partial charge in [-0.05, 0) is 12.5 Å². The van der Waals surface area contributed by atoms with Gasteiger partial charge in [-0.25, -0.2) is 4.79 Å². The van der Waals surface area contributed by atoms with Crippen molar-refractivity contribution in [2.45, 2.75) is 6.92 Å². The first-order valence-electron chi connectivity index (χ1n) is 4.20. The number of aromatic carboxylic acids is 1. The van der Waals surface area contributed by atoms with Crippen molar-refractivity contribution in [3.8, 4) is 0 Å². The minimum Gasteiger partial charge on any atom is -0.478 e. The van der Waals surface area contributed by atoms with E-state index in [4.69, 9.17) is 10.8 Å². The molecule has 0 spiro atoms. The topological polar surface area (TPSA) is 83.6 Å². The van der Waals surface area contributed by atoms with Gasteiger partial charge in [-0.15, -0.1) is 11.3 Å². The van der Waals surface area contributed by atoms with Crippen molar-refractivity contribution >= 4 is 28.2 Å². The van der Waals surface area contributed by atoms with E-state index < -0.39 is 5.97 Å². The highest BCUT2D eigenvalue weighted by molar-refractivity contribution is 7.18. The summed E-state index contributed by atoms with van der Waals surface area (Å²) in [5.74, 6) is -1.32. The maximum absolute atomic E-state index is 11.6. The molecule has 3 N–H and O–H groups in total. The minimum absolute atomic E-state index is 0.0326. The van der Waals surface area contributed by atoms with Crippen LogP contribution in [0, 0.1) is 6.92 Å². The number of hydrogen-bond acceptors (Lipinski definition) is 4. The van der Waals surface area contributed by atoms with Crippen molar-refractivity contribution in [2.24, 2.45) is 0 Å². The van der Waals surface area contributed by atoms with E-state index in [1.54, 1.807) is 21.0 Å². The molecule has 0 unspecified atom stereocenters. The molecule has 15 heavy (non-hydrogen) atoms. The van der Waals surface area contributed by atoms with Crippen LogP contribution in [0.2, 0.25) is 0 Å². The Kier molecular flexibility index (Phi) is 2.99. The number of nitrogens with zero attached hydrogens (tertiary/aromatic N) is 1. The lowest BCUT2D eigenvalue weighted by Crippen LogP contribution is -2.21. The maximum atomic E-state index is 11.6. The summed E-state index contributed by atoms with van der Waals surface area (Å²) < 4.78 is 0. The number of hydrogen-bond donors (Lipinski definition) is 2. The molecule has 6 heteroatoms. The zero-order valence-corrected chi connectivity index (χ0v) is 9.51. The lowest BCUT2D eigenvalue weighted by molar-refractivity contribution is 0.0698. The van der Waals surface area contributed by atoms with Gasteiger partial charge in [0.05, 0.1) is 10.4 Å². The molecule has 0 aliphatic rings. The van der Waals surface area contributed by atoms with Crippen LogP contribution >= 0.6 is 11.3 Å². The Morgan fingerprint density at radius 1 is 1.40 bits per heavy atom. The first-order valence-corrected chi connectivity index (χ1v) is 5.01. The van der Waals surface area contributed by atoms with Crippen LogP contribution in [0.25, 0.3) is 0 Å². The van der Waals surface area contributed by atoms with Crippen LogP contribution in [-0.2, 0) is 0 Å². The number of amides is 1. The summed E-state index contributed by atoms with van der Waals surface area (Å²) in [6.45, 7) is 1.59. The fraction of sp³-hybridized carbons (Fsp3) is 0.333. The van der Waals surface area contributed by atoms with Crippen molar-refractivity contribution in [3.63, 3.8) is 0 Å². The minimum atomic E-state index is -1.10. The van der Waals surface area contributed by atoms with E-state index in [1.165, 1.54) is 4.90 Å². The Bertz CT molecular complexity index is 423. The Balaban J connectivity index is 3.30. The molecule has 1 aromatic rings. The van der Waals surface area contributed by atoms with E-state index in [2.05, 4.69) is 0 Å². The van der Waals surface area contributed by atoms with Gasteiger partial charge in [0.15, 0.2) is 0 Å². The van der Waals surface area contributed by atoms with E-state index in [9.17, 15) is 9.59 Å². The molecule has 82 valence electrons. The number of carboxylic acid groups (broad SMARTS) is 1. The SMILES string of the molecule is Cc1c(C(=O)N(C)C)sc(N)c1C(=O)O. The molecule has 0 bridgehead atoms. The van der Waals surface area contributed by atoms with E-state index in [0.717, 1.165) is 11.3 Å². The third-order valence-corrected chi connectivity index (χ3v) is 3.10. The van der Waals surface area contributed by atoms with E-state index in [-0.39, 0.29) is 16.5 Å². The Hall–Kier alpha value is -1.56. The monoisotopic (exact) mass is 228 g/mol. The number of nitrogen functional groups attached to an aromatic ring is 1. The van der Waals surface area contributed by atoms with Crippen LogP contribution < -0.4 is 5.73 Å². The third kappa shape index (κ3) is 1.94. The molecular formula is C9H12N2O3S. The molecule has 1 aromatic heterocycles. The molecule has 0 aliphatic heterocycles. The summed E-state index contributed by atoms with van der Waals surface area (Å²) in [6.07, 6.45) is 0. The number of anilines is 1. The van der Waals surface area contributed by atoms with Gasteiger partial charge in [0.1, 0.15) is 5.00 Å². The number of carbonyl (C=O) groups is 2. The largest absolute Gasteiger partial charge is 0.478 e. The van der Waals surface area contributed by atoms with Crippen LogP contribution in [0.15, 0.2) is 0 Å². The third-order valence-electron chi connectivity index (χ3n) is 1.99. The van der Waals surface area contributed by atoms with Gasteiger partial charge < -0.3 is 15.7 Å². The highest BCUT2D eigenvalue weighted by atomic mass is 32.1. The lowest BCUT2D eigenvalue weighted by Gasteiger charge is -2.08. The van der Waals surface area contributed by atoms with Gasteiger partial charge in [0, 0.05) is 14.1 Å². The second-order valence-corrected chi connectivity index (χ2v) is 4.35. The Morgan fingerprint density at radius 2 is 1.93 bits per heavy atom. The van der Waals surface area contributed by atoms with Crippen molar-refractivity contribution < 1.29 is 14.7 Å². The average Bonchev–Trinajstić information content (AvgIpc) is 2.40. The summed E-state index contributed by atoms with van der Waals surface area (Å²) in [5.41, 5.74) is 6.01. The molecule has 5 nitrogen and oxygen atoms in total. The number of thiophene rings is 1. The first kappa shape index (κ1) is 11.5. The standard InChI is InChI=1S/C9H12N2O3S/c1-4-5(9(13)14)7(10)15-6(4)8(12)11(2)3/h10H2,1-3H3,(H,13,14). The fourth-order valence-corrected chi connectivity index (χ4v) is 2.30. The van der Waals surface area contributed by atoms with Gasteiger partial charge in [-0.1, -0.05) is 0 Å². The predicted molar refractivity (Wildman–Crippen MR) is 58.4 cm³/mol. The summed E-state index contributed by atoms with van der Waals surface area (Å²) in [7, 11) is 3.22.